The molecule has 1 fully saturated rings. The average molecular weight is 338 g/mol. The summed E-state index contributed by atoms with van der Waals surface area (Å²) in [7, 11) is -3.35. The zero-order chi connectivity index (χ0) is 16.1. The van der Waals surface area contributed by atoms with Gasteiger partial charge in [0.15, 0.2) is 0 Å². The minimum absolute atomic E-state index is 0.278. The summed E-state index contributed by atoms with van der Waals surface area (Å²) < 4.78 is 35.2. The summed E-state index contributed by atoms with van der Waals surface area (Å²) in [5.41, 5.74) is 1.17. The number of hydrogen-bond donors (Lipinski definition) is 1. The molecule has 128 valence electrons. The van der Waals surface area contributed by atoms with Crippen LogP contribution in [0.1, 0.15) is 37.7 Å². The summed E-state index contributed by atoms with van der Waals surface area (Å²) >= 11 is 0. The van der Waals surface area contributed by atoms with E-state index >= 15 is 0 Å². The fraction of sp³-hybridized carbons (Fsp3) is 0.647. The fourth-order valence-corrected chi connectivity index (χ4v) is 4.70. The van der Waals surface area contributed by atoms with E-state index in [4.69, 9.17) is 4.74 Å². The van der Waals surface area contributed by atoms with Crippen molar-refractivity contribution < 1.29 is 13.2 Å². The summed E-state index contributed by atoms with van der Waals surface area (Å²) in [4.78, 5) is 0. The predicted octanol–water partition coefficient (Wildman–Crippen LogP) is 2.34. The molecule has 1 N–H and O–H groups in total. The lowest BCUT2D eigenvalue weighted by Gasteiger charge is -2.22. The highest BCUT2D eigenvalue weighted by molar-refractivity contribution is 7.87. The van der Waals surface area contributed by atoms with Crippen LogP contribution in [0.15, 0.2) is 24.3 Å². The normalized spacial score (nSPS) is 23.4. The van der Waals surface area contributed by atoms with Crippen molar-refractivity contribution in [3.05, 3.63) is 29.8 Å². The van der Waals surface area contributed by atoms with E-state index in [0.29, 0.717) is 26.2 Å². The number of para-hydroxylation sites is 1. The zero-order valence-electron chi connectivity index (χ0n) is 13.5. The molecule has 0 radical (unpaired) electrons. The maximum Gasteiger partial charge on any atom is 0.279 e. The van der Waals surface area contributed by atoms with Gasteiger partial charge in [0.1, 0.15) is 5.75 Å². The number of nitrogens with one attached hydrogen (secondary N) is 1. The highest BCUT2D eigenvalue weighted by atomic mass is 32.2. The van der Waals surface area contributed by atoms with Crippen LogP contribution in [0.4, 0.5) is 0 Å². The van der Waals surface area contributed by atoms with Gasteiger partial charge in [0.2, 0.25) is 0 Å². The van der Waals surface area contributed by atoms with Crippen molar-refractivity contribution >= 4 is 10.2 Å². The SMILES string of the molecule is O=S(=O)(NC[C@H]1CCOc2ccccc2C1)N1CCCCCC1. The number of benzene rings is 1. The molecule has 2 aliphatic heterocycles. The van der Waals surface area contributed by atoms with Gasteiger partial charge in [-0.3, -0.25) is 0 Å². The Morgan fingerprint density at radius 1 is 1.13 bits per heavy atom. The summed E-state index contributed by atoms with van der Waals surface area (Å²) in [6.07, 6.45) is 5.92. The van der Waals surface area contributed by atoms with Gasteiger partial charge in [-0.1, -0.05) is 31.0 Å². The largest absolute Gasteiger partial charge is 0.493 e. The Balaban J connectivity index is 1.59. The van der Waals surface area contributed by atoms with Crippen LogP contribution in [-0.4, -0.2) is 39.0 Å². The minimum atomic E-state index is -3.35. The van der Waals surface area contributed by atoms with Crippen molar-refractivity contribution in [2.24, 2.45) is 5.92 Å². The third-order valence-corrected chi connectivity index (χ3v) is 6.30. The second kappa shape index (κ2) is 7.64. The first-order chi connectivity index (χ1) is 11.1. The summed E-state index contributed by atoms with van der Waals surface area (Å²) in [6.45, 7) is 2.42. The summed E-state index contributed by atoms with van der Waals surface area (Å²) in [6, 6.07) is 8.03. The Morgan fingerprint density at radius 2 is 1.87 bits per heavy atom. The molecule has 1 atom stereocenters. The maximum absolute atomic E-state index is 12.5. The number of nitrogens with zero attached hydrogens (tertiary/aromatic N) is 1. The first kappa shape index (κ1) is 16.7. The molecule has 0 saturated carbocycles. The molecule has 0 bridgehead atoms. The van der Waals surface area contributed by atoms with Crippen LogP contribution in [-0.2, 0) is 16.6 Å². The second-order valence-corrected chi connectivity index (χ2v) is 8.24. The third kappa shape index (κ3) is 4.46. The highest BCUT2D eigenvalue weighted by Crippen LogP contribution is 2.26. The molecule has 0 aromatic heterocycles. The number of fused-ring (bicyclic) bond motifs is 1. The molecule has 1 aromatic rings. The van der Waals surface area contributed by atoms with E-state index in [2.05, 4.69) is 10.8 Å². The molecule has 2 heterocycles. The maximum atomic E-state index is 12.5. The Bertz CT molecular complexity index is 610. The van der Waals surface area contributed by atoms with Crippen molar-refractivity contribution in [1.82, 2.24) is 9.03 Å². The molecular formula is C17H26N2O3S. The predicted molar refractivity (Wildman–Crippen MR) is 90.7 cm³/mol. The lowest BCUT2D eigenvalue weighted by molar-refractivity contribution is 0.294. The lowest BCUT2D eigenvalue weighted by atomic mass is 9.97. The van der Waals surface area contributed by atoms with Gasteiger partial charge in [0.25, 0.3) is 10.2 Å². The van der Waals surface area contributed by atoms with E-state index in [0.717, 1.165) is 44.3 Å². The van der Waals surface area contributed by atoms with Crippen LogP contribution >= 0.6 is 0 Å². The van der Waals surface area contributed by atoms with Gasteiger partial charge in [-0.2, -0.15) is 12.7 Å². The van der Waals surface area contributed by atoms with Gasteiger partial charge in [-0.25, -0.2) is 4.72 Å². The second-order valence-electron chi connectivity index (χ2n) is 6.48. The number of rotatable bonds is 4. The van der Waals surface area contributed by atoms with Crippen molar-refractivity contribution in [2.45, 2.75) is 38.5 Å². The van der Waals surface area contributed by atoms with Gasteiger partial charge in [0.05, 0.1) is 6.61 Å². The lowest BCUT2D eigenvalue weighted by Crippen LogP contribution is -2.43. The molecule has 1 saturated heterocycles. The van der Waals surface area contributed by atoms with E-state index < -0.39 is 10.2 Å². The van der Waals surface area contributed by atoms with E-state index in [-0.39, 0.29) is 5.92 Å². The summed E-state index contributed by atoms with van der Waals surface area (Å²) in [5.74, 6) is 1.21. The van der Waals surface area contributed by atoms with Crippen molar-refractivity contribution in [1.29, 1.82) is 0 Å². The highest BCUT2D eigenvalue weighted by Gasteiger charge is 2.25. The van der Waals surface area contributed by atoms with Crippen LogP contribution < -0.4 is 9.46 Å². The Hall–Kier alpha value is -1.11. The van der Waals surface area contributed by atoms with Crippen LogP contribution in [0.3, 0.4) is 0 Å². The van der Waals surface area contributed by atoms with E-state index in [9.17, 15) is 8.42 Å². The molecule has 5 nitrogen and oxygen atoms in total. The molecule has 23 heavy (non-hydrogen) atoms. The van der Waals surface area contributed by atoms with Gasteiger partial charge in [-0.15, -0.1) is 0 Å². The Labute approximate surface area is 139 Å². The fourth-order valence-electron chi connectivity index (χ4n) is 3.33. The van der Waals surface area contributed by atoms with Gasteiger partial charge < -0.3 is 4.74 Å². The van der Waals surface area contributed by atoms with Gasteiger partial charge in [0, 0.05) is 19.6 Å². The molecule has 0 unspecified atom stereocenters. The summed E-state index contributed by atoms with van der Waals surface area (Å²) in [5, 5.41) is 0. The van der Waals surface area contributed by atoms with Crippen molar-refractivity contribution in [2.75, 3.05) is 26.2 Å². The molecular weight excluding hydrogens is 312 g/mol. The first-order valence-electron chi connectivity index (χ1n) is 8.60. The monoisotopic (exact) mass is 338 g/mol. The van der Waals surface area contributed by atoms with Crippen molar-refractivity contribution in [3.8, 4) is 5.75 Å². The average Bonchev–Trinajstić information content (AvgIpc) is 2.94. The molecule has 3 rings (SSSR count). The van der Waals surface area contributed by atoms with Crippen LogP contribution in [0, 0.1) is 5.92 Å². The molecule has 2 aliphatic rings. The standard InChI is InChI=1S/C17H26N2O3S/c20-23(21,19-10-5-1-2-6-11-19)18-14-15-9-12-22-17-8-4-3-7-16(17)13-15/h3-4,7-8,15,18H,1-2,5-6,9-14H2/t15-/m0/s1. The van der Waals surface area contributed by atoms with Crippen LogP contribution in [0.5, 0.6) is 5.75 Å². The third-order valence-electron chi connectivity index (χ3n) is 4.72. The van der Waals surface area contributed by atoms with Gasteiger partial charge in [-0.05, 0) is 43.2 Å². The van der Waals surface area contributed by atoms with Crippen LogP contribution in [0.2, 0.25) is 0 Å². The number of ether oxygens (including phenoxy) is 1. The van der Waals surface area contributed by atoms with E-state index in [1.807, 2.05) is 18.2 Å². The molecule has 0 aliphatic carbocycles. The molecule has 6 heteroatoms. The Morgan fingerprint density at radius 3 is 2.65 bits per heavy atom. The molecule has 0 amide bonds. The smallest absolute Gasteiger partial charge is 0.279 e. The molecule has 0 spiro atoms. The van der Waals surface area contributed by atoms with E-state index in [1.54, 1.807) is 4.31 Å². The van der Waals surface area contributed by atoms with Crippen LogP contribution in [0.25, 0.3) is 0 Å². The van der Waals surface area contributed by atoms with Gasteiger partial charge >= 0.3 is 0 Å². The minimum Gasteiger partial charge on any atom is -0.493 e. The molecule has 1 aromatic carbocycles. The quantitative estimate of drug-likeness (QED) is 0.917. The first-order valence-corrected chi connectivity index (χ1v) is 10.0. The Kier molecular flexibility index (Phi) is 5.56. The number of hydrogen-bond acceptors (Lipinski definition) is 3. The van der Waals surface area contributed by atoms with Crippen molar-refractivity contribution in [3.63, 3.8) is 0 Å². The zero-order valence-corrected chi connectivity index (χ0v) is 14.4. The van der Waals surface area contributed by atoms with E-state index in [1.165, 1.54) is 5.56 Å². The topological polar surface area (TPSA) is 58.6 Å².